The molecule has 16 heavy (non-hydrogen) atoms. The SMILES string of the molecule is CC(C)C(COC(=O)/C=C\C(=O)O)C(C)C. The summed E-state index contributed by atoms with van der Waals surface area (Å²) in [4.78, 5) is 21.3. The Bertz CT molecular complexity index is 258. The van der Waals surface area contributed by atoms with Crippen LogP contribution in [0.4, 0.5) is 0 Å². The average Bonchev–Trinajstić information content (AvgIpc) is 2.13. The molecule has 0 spiro atoms. The summed E-state index contributed by atoms with van der Waals surface area (Å²) in [6.45, 7) is 8.63. The molecule has 0 bridgehead atoms. The minimum Gasteiger partial charge on any atom is -0.478 e. The fourth-order valence-corrected chi connectivity index (χ4v) is 1.52. The Hall–Kier alpha value is -1.32. The van der Waals surface area contributed by atoms with Crippen molar-refractivity contribution in [1.29, 1.82) is 0 Å². The molecule has 1 N–H and O–H groups in total. The zero-order chi connectivity index (χ0) is 12.7. The van der Waals surface area contributed by atoms with Gasteiger partial charge in [0.05, 0.1) is 6.61 Å². The molecule has 0 aliphatic heterocycles. The van der Waals surface area contributed by atoms with Crippen molar-refractivity contribution in [3.05, 3.63) is 12.2 Å². The van der Waals surface area contributed by atoms with Gasteiger partial charge in [0.15, 0.2) is 0 Å². The van der Waals surface area contributed by atoms with Crippen LogP contribution in [-0.2, 0) is 14.3 Å². The summed E-state index contributed by atoms with van der Waals surface area (Å²) in [5.41, 5.74) is 0. The monoisotopic (exact) mass is 228 g/mol. The van der Waals surface area contributed by atoms with E-state index in [4.69, 9.17) is 9.84 Å². The van der Waals surface area contributed by atoms with Gasteiger partial charge in [-0.25, -0.2) is 9.59 Å². The molecule has 0 amide bonds. The summed E-state index contributed by atoms with van der Waals surface area (Å²) in [6, 6.07) is 0. The van der Waals surface area contributed by atoms with Crippen LogP contribution in [0, 0.1) is 17.8 Å². The van der Waals surface area contributed by atoms with Crippen LogP contribution in [0.3, 0.4) is 0 Å². The second-order valence-corrected chi connectivity index (χ2v) is 4.45. The Morgan fingerprint density at radius 2 is 1.62 bits per heavy atom. The number of ether oxygens (including phenoxy) is 1. The fraction of sp³-hybridized carbons (Fsp3) is 0.667. The zero-order valence-corrected chi connectivity index (χ0v) is 10.3. The van der Waals surface area contributed by atoms with Gasteiger partial charge in [-0.1, -0.05) is 27.7 Å². The van der Waals surface area contributed by atoms with Gasteiger partial charge in [0, 0.05) is 12.2 Å². The normalized spacial score (nSPS) is 11.7. The van der Waals surface area contributed by atoms with E-state index in [1.54, 1.807) is 0 Å². The molecule has 0 aliphatic rings. The number of esters is 1. The molecular formula is C12H20O4. The smallest absolute Gasteiger partial charge is 0.331 e. The average molecular weight is 228 g/mol. The highest BCUT2D eigenvalue weighted by molar-refractivity contribution is 5.90. The summed E-state index contributed by atoms with van der Waals surface area (Å²) in [5.74, 6) is -0.607. The standard InChI is InChI=1S/C12H20O4/c1-8(2)10(9(3)4)7-16-12(15)6-5-11(13)14/h5-6,8-10H,7H2,1-4H3,(H,13,14)/b6-5-. The molecule has 0 unspecified atom stereocenters. The Morgan fingerprint density at radius 3 is 2.00 bits per heavy atom. The van der Waals surface area contributed by atoms with Crippen molar-refractivity contribution in [2.45, 2.75) is 27.7 Å². The van der Waals surface area contributed by atoms with Crippen molar-refractivity contribution >= 4 is 11.9 Å². The van der Waals surface area contributed by atoms with E-state index in [-0.39, 0.29) is 0 Å². The van der Waals surface area contributed by atoms with Gasteiger partial charge in [-0.2, -0.15) is 0 Å². The first-order chi connectivity index (χ1) is 7.34. The quantitative estimate of drug-likeness (QED) is 0.558. The molecule has 0 saturated carbocycles. The summed E-state index contributed by atoms with van der Waals surface area (Å²) in [5, 5.41) is 8.32. The number of hydrogen-bond acceptors (Lipinski definition) is 3. The lowest BCUT2D eigenvalue weighted by molar-refractivity contribution is -0.140. The van der Waals surface area contributed by atoms with E-state index in [0.717, 1.165) is 12.2 Å². The highest BCUT2D eigenvalue weighted by Crippen LogP contribution is 2.20. The third-order valence-electron chi connectivity index (χ3n) is 2.49. The first kappa shape index (κ1) is 14.7. The van der Waals surface area contributed by atoms with E-state index >= 15 is 0 Å². The fourth-order valence-electron chi connectivity index (χ4n) is 1.52. The largest absolute Gasteiger partial charge is 0.478 e. The molecule has 0 fully saturated rings. The number of rotatable bonds is 6. The lowest BCUT2D eigenvalue weighted by Gasteiger charge is -2.23. The highest BCUT2D eigenvalue weighted by Gasteiger charge is 2.18. The molecule has 0 aromatic heterocycles. The van der Waals surface area contributed by atoms with Gasteiger partial charge in [-0.15, -0.1) is 0 Å². The number of carboxylic acid groups (broad SMARTS) is 1. The van der Waals surface area contributed by atoms with E-state index in [1.165, 1.54) is 0 Å². The predicted molar refractivity (Wildman–Crippen MR) is 60.9 cm³/mol. The van der Waals surface area contributed by atoms with Gasteiger partial charge in [0.25, 0.3) is 0 Å². The number of aliphatic carboxylic acids is 1. The van der Waals surface area contributed by atoms with Crippen LogP contribution in [0.2, 0.25) is 0 Å². The molecule has 4 nitrogen and oxygen atoms in total. The van der Waals surface area contributed by atoms with Crippen molar-refractivity contribution in [2.24, 2.45) is 17.8 Å². The van der Waals surface area contributed by atoms with Gasteiger partial charge < -0.3 is 9.84 Å². The van der Waals surface area contributed by atoms with Crippen LogP contribution < -0.4 is 0 Å². The third kappa shape index (κ3) is 6.22. The molecular weight excluding hydrogens is 208 g/mol. The molecule has 0 aliphatic carbocycles. The van der Waals surface area contributed by atoms with E-state index in [1.807, 2.05) is 0 Å². The Kier molecular flexibility index (Phi) is 6.46. The predicted octanol–water partition coefficient (Wildman–Crippen LogP) is 2.10. The number of carboxylic acids is 1. The zero-order valence-electron chi connectivity index (χ0n) is 10.3. The van der Waals surface area contributed by atoms with Gasteiger partial charge in [-0.05, 0) is 17.8 Å². The van der Waals surface area contributed by atoms with Crippen LogP contribution in [0.1, 0.15) is 27.7 Å². The van der Waals surface area contributed by atoms with Crippen LogP contribution in [-0.4, -0.2) is 23.7 Å². The van der Waals surface area contributed by atoms with Gasteiger partial charge in [-0.3, -0.25) is 0 Å². The van der Waals surface area contributed by atoms with Crippen molar-refractivity contribution in [3.63, 3.8) is 0 Å². The van der Waals surface area contributed by atoms with Crippen LogP contribution in [0.15, 0.2) is 12.2 Å². The molecule has 0 saturated heterocycles. The molecule has 0 heterocycles. The summed E-state index contributed by atoms with van der Waals surface area (Å²) >= 11 is 0. The molecule has 0 radical (unpaired) electrons. The van der Waals surface area contributed by atoms with E-state index < -0.39 is 11.9 Å². The lowest BCUT2D eigenvalue weighted by atomic mass is 9.86. The minimum atomic E-state index is -1.15. The Labute approximate surface area is 96.3 Å². The van der Waals surface area contributed by atoms with E-state index in [0.29, 0.717) is 24.4 Å². The first-order valence-corrected chi connectivity index (χ1v) is 5.42. The minimum absolute atomic E-state index is 0.294. The number of hydrogen-bond donors (Lipinski definition) is 1. The van der Waals surface area contributed by atoms with Crippen LogP contribution in [0.5, 0.6) is 0 Å². The lowest BCUT2D eigenvalue weighted by Crippen LogP contribution is -2.23. The second-order valence-electron chi connectivity index (χ2n) is 4.45. The van der Waals surface area contributed by atoms with Crippen molar-refractivity contribution in [2.75, 3.05) is 6.61 Å². The van der Waals surface area contributed by atoms with Crippen LogP contribution >= 0.6 is 0 Å². The first-order valence-electron chi connectivity index (χ1n) is 5.42. The van der Waals surface area contributed by atoms with Crippen molar-refractivity contribution in [3.8, 4) is 0 Å². The number of carbonyl (C=O) groups is 2. The molecule has 0 rings (SSSR count). The molecule has 0 aromatic rings. The van der Waals surface area contributed by atoms with E-state index in [2.05, 4.69) is 27.7 Å². The van der Waals surface area contributed by atoms with Crippen LogP contribution in [0.25, 0.3) is 0 Å². The molecule has 4 heteroatoms. The molecule has 0 atom stereocenters. The van der Waals surface area contributed by atoms with Gasteiger partial charge in [0.1, 0.15) is 0 Å². The maximum atomic E-state index is 11.1. The summed E-state index contributed by atoms with van der Waals surface area (Å²) in [7, 11) is 0. The van der Waals surface area contributed by atoms with E-state index in [9.17, 15) is 9.59 Å². The summed E-state index contributed by atoms with van der Waals surface area (Å²) < 4.78 is 4.99. The second kappa shape index (κ2) is 7.04. The Balaban J connectivity index is 4.11. The topological polar surface area (TPSA) is 63.6 Å². The molecule has 0 aromatic carbocycles. The maximum absolute atomic E-state index is 11.1. The highest BCUT2D eigenvalue weighted by atomic mass is 16.5. The van der Waals surface area contributed by atoms with Crippen molar-refractivity contribution in [1.82, 2.24) is 0 Å². The molecule has 92 valence electrons. The Morgan fingerprint density at radius 1 is 1.12 bits per heavy atom. The van der Waals surface area contributed by atoms with Gasteiger partial charge >= 0.3 is 11.9 Å². The maximum Gasteiger partial charge on any atom is 0.331 e. The summed E-state index contributed by atoms with van der Waals surface area (Å²) in [6.07, 6.45) is 1.71. The van der Waals surface area contributed by atoms with Crippen molar-refractivity contribution < 1.29 is 19.4 Å². The third-order valence-corrected chi connectivity index (χ3v) is 2.49. The van der Waals surface area contributed by atoms with Gasteiger partial charge in [0.2, 0.25) is 0 Å². The number of carbonyl (C=O) groups excluding carboxylic acids is 1.